The number of pyridine rings is 1. The number of hydrogen-bond donors (Lipinski definition) is 2. The van der Waals surface area contributed by atoms with Crippen molar-refractivity contribution < 1.29 is 0 Å². The molecule has 1 unspecified atom stereocenters. The quantitative estimate of drug-likeness (QED) is 0.655. The molecule has 0 radical (unpaired) electrons. The number of hydrogen-bond acceptors (Lipinski definition) is 3. The highest BCUT2D eigenvalue weighted by atomic mass is 35.5. The Balaban J connectivity index is 2.21. The minimum absolute atomic E-state index is 0.0395. The fourth-order valence-electron chi connectivity index (χ4n) is 2.19. The Labute approximate surface area is 125 Å². The molecule has 0 aliphatic heterocycles. The predicted octanol–water partition coefficient (Wildman–Crippen LogP) is 3.35. The summed E-state index contributed by atoms with van der Waals surface area (Å²) in [6, 6.07) is 10.1. The first kappa shape index (κ1) is 15.0. The maximum Gasteiger partial charge on any atom is 0.0530 e. The number of hydrazine groups is 1. The average molecular weight is 290 g/mol. The molecule has 3 N–H and O–H groups in total. The van der Waals surface area contributed by atoms with E-state index >= 15 is 0 Å². The van der Waals surface area contributed by atoms with Crippen molar-refractivity contribution in [3.63, 3.8) is 0 Å². The summed E-state index contributed by atoms with van der Waals surface area (Å²) < 4.78 is 0. The zero-order valence-electron chi connectivity index (χ0n) is 11.9. The summed E-state index contributed by atoms with van der Waals surface area (Å²) >= 11 is 6.36. The van der Waals surface area contributed by atoms with E-state index in [1.807, 2.05) is 37.4 Å². The van der Waals surface area contributed by atoms with Crippen LogP contribution in [0.4, 0.5) is 0 Å². The van der Waals surface area contributed by atoms with Crippen molar-refractivity contribution in [3.05, 3.63) is 63.9 Å². The van der Waals surface area contributed by atoms with Crippen LogP contribution >= 0.6 is 11.6 Å². The molecule has 1 aromatic carbocycles. The van der Waals surface area contributed by atoms with Crippen LogP contribution < -0.4 is 11.3 Å². The molecule has 0 aliphatic rings. The van der Waals surface area contributed by atoms with E-state index < -0.39 is 0 Å². The first-order valence-corrected chi connectivity index (χ1v) is 7.18. The summed E-state index contributed by atoms with van der Waals surface area (Å²) in [4.78, 5) is 4.48. The van der Waals surface area contributed by atoms with Gasteiger partial charge in [-0.1, -0.05) is 42.8 Å². The first-order valence-electron chi connectivity index (χ1n) is 6.80. The van der Waals surface area contributed by atoms with Crippen LogP contribution in [0.15, 0.2) is 36.5 Å². The Morgan fingerprint density at radius 2 is 2.10 bits per heavy atom. The van der Waals surface area contributed by atoms with E-state index in [1.54, 1.807) is 0 Å². The summed E-state index contributed by atoms with van der Waals surface area (Å²) in [5.74, 6) is 5.69. The largest absolute Gasteiger partial charge is 0.271 e. The molecule has 0 saturated carbocycles. The molecule has 0 fully saturated rings. The molecule has 0 saturated heterocycles. The number of nitrogens with zero attached hydrogens (tertiary/aromatic N) is 1. The molecule has 0 bridgehead atoms. The molecule has 4 heteroatoms. The van der Waals surface area contributed by atoms with E-state index in [-0.39, 0.29) is 6.04 Å². The monoisotopic (exact) mass is 289 g/mol. The Hall–Kier alpha value is -1.42. The van der Waals surface area contributed by atoms with Crippen molar-refractivity contribution >= 4 is 11.6 Å². The van der Waals surface area contributed by atoms with Crippen molar-refractivity contribution in [3.8, 4) is 0 Å². The molecule has 1 heterocycles. The summed E-state index contributed by atoms with van der Waals surface area (Å²) in [7, 11) is 0. The molecule has 2 rings (SSSR count). The fourth-order valence-corrected chi connectivity index (χ4v) is 2.45. The summed E-state index contributed by atoms with van der Waals surface area (Å²) in [6.45, 7) is 4.11. The van der Waals surface area contributed by atoms with Crippen LogP contribution in [0.3, 0.4) is 0 Å². The van der Waals surface area contributed by atoms with Gasteiger partial charge in [-0.15, -0.1) is 0 Å². The van der Waals surface area contributed by atoms with E-state index in [4.69, 9.17) is 17.4 Å². The van der Waals surface area contributed by atoms with Gasteiger partial charge in [-0.05, 0) is 36.1 Å². The van der Waals surface area contributed by atoms with E-state index in [1.165, 1.54) is 5.56 Å². The number of aromatic nitrogens is 1. The second kappa shape index (κ2) is 6.84. The van der Waals surface area contributed by atoms with Gasteiger partial charge in [0, 0.05) is 23.3 Å². The normalized spacial score (nSPS) is 12.4. The third kappa shape index (κ3) is 3.37. The zero-order chi connectivity index (χ0) is 14.5. The third-order valence-electron chi connectivity index (χ3n) is 3.51. The van der Waals surface area contributed by atoms with Gasteiger partial charge in [0.05, 0.1) is 6.04 Å². The molecular formula is C16H20ClN3. The Kier molecular flexibility index (Phi) is 5.12. The van der Waals surface area contributed by atoms with Gasteiger partial charge in [0.1, 0.15) is 0 Å². The smallest absolute Gasteiger partial charge is 0.0530 e. The lowest BCUT2D eigenvalue weighted by Crippen LogP contribution is -2.30. The Bertz CT molecular complexity index is 566. The second-order valence-electron chi connectivity index (χ2n) is 4.91. The van der Waals surface area contributed by atoms with Gasteiger partial charge in [0.2, 0.25) is 0 Å². The minimum Gasteiger partial charge on any atom is -0.271 e. The maximum absolute atomic E-state index is 6.36. The SMILES string of the molecule is CCc1ccc(CC(NN)c2cccc(C)c2Cl)nc1. The van der Waals surface area contributed by atoms with Gasteiger partial charge < -0.3 is 0 Å². The van der Waals surface area contributed by atoms with Gasteiger partial charge >= 0.3 is 0 Å². The predicted molar refractivity (Wildman–Crippen MR) is 83.6 cm³/mol. The minimum atomic E-state index is -0.0395. The molecular weight excluding hydrogens is 270 g/mol. The van der Waals surface area contributed by atoms with Crippen LogP contribution in [0, 0.1) is 6.92 Å². The van der Waals surface area contributed by atoms with Gasteiger partial charge in [0.25, 0.3) is 0 Å². The molecule has 0 aliphatic carbocycles. The van der Waals surface area contributed by atoms with Crippen LogP contribution in [-0.4, -0.2) is 4.98 Å². The second-order valence-corrected chi connectivity index (χ2v) is 5.29. The van der Waals surface area contributed by atoms with E-state index in [0.717, 1.165) is 28.3 Å². The zero-order valence-corrected chi connectivity index (χ0v) is 12.6. The van der Waals surface area contributed by atoms with Crippen LogP contribution in [0.2, 0.25) is 5.02 Å². The van der Waals surface area contributed by atoms with Crippen molar-refractivity contribution in [1.82, 2.24) is 10.4 Å². The molecule has 1 aromatic heterocycles. The maximum atomic E-state index is 6.36. The first-order chi connectivity index (χ1) is 9.65. The highest BCUT2D eigenvalue weighted by molar-refractivity contribution is 6.32. The van der Waals surface area contributed by atoms with Crippen molar-refractivity contribution in [2.24, 2.45) is 5.84 Å². The molecule has 0 amide bonds. The number of nitrogens with two attached hydrogens (primary N) is 1. The lowest BCUT2D eigenvalue weighted by Gasteiger charge is -2.18. The number of benzene rings is 1. The van der Waals surface area contributed by atoms with Gasteiger partial charge in [0.15, 0.2) is 0 Å². The Morgan fingerprint density at radius 1 is 1.30 bits per heavy atom. The van der Waals surface area contributed by atoms with Gasteiger partial charge in [-0.25, -0.2) is 0 Å². The van der Waals surface area contributed by atoms with Crippen LogP contribution in [-0.2, 0) is 12.8 Å². The highest BCUT2D eigenvalue weighted by Crippen LogP contribution is 2.27. The van der Waals surface area contributed by atoms with Crippen molar-refractivity contribution in [1.29, 1.82) is 0 Å². The van der Waals surface area contributed by atoms with Gasteiger partial charge in [-0.3, -0.25) is 16.3 Å². The molecule has 20 heavy (non-hydrogen) atoms. The number of rotatable bonds is 5. The number of aryl methyl sites for hydroxylation is 2. The van der Waals surface area contributed by atoms with E-state index in [2.05, 4.69) is 23.4 Å². The van der Waals surface area contributed by atoms with Crippen LogP contribution in [0.1, 0.15) is 35.3 Å². The standard InChI is InChI=1S/C16H20ClN3/c1-3-12-7-8-13(19-10-12)9-15(20-18)14-6-4-5-11(2)16(14)17/h4-8,10,15,20H,3,9,18H2,1-2H3. The van der Waals surface area contributed by atoms with Crippen molar-refractivity contribution in [2.75, 3.05) is 0 Å². The summed E-state index contributed by atoms with van der Waals surface area (Å²) in [6.07, 6.45) is 3.62. The van der Waals surface area contributed by atoms with Crippen molar-refractivity contribution in [2.45, 2.75) is 32.7 Å². The molecule has 2 aromatic rings. The summed E-state index contributed by atoms with van der Waals surface area (Å²) in [5.41, 5.74) is 7.14. The highest BCUT2D eigenvalue weighted by Gasteiger charge is 2.15. The topological polar surface area (TPSA) is 50.9 Å². The molecule has 1 atom stereocenters. The molecule has 3 nitrogen and oxygen atoms in total. The van der Waals surface area contributed by atoms with E-state index in [0.29, 0.717) is 6.42 Å². The van der Waals surface area contributed by atoms with E-state index in [9.17, 15) is 0 Å². The fraction of sp³-hybridized carbons (Fsp3) is 0.312. The molecule has 0 spiro atoms. The third-order valence-corrected chi connectivity index (χ3v) is 4.02. The van der Waals surface area contributed by atoms with Gasteiger partial charge in [-0.2, -0.15) is 0 Å². The number of nitrogens with one attached hydrogen (secondary N) is 1. The van der Waals surface area contributed by atoms with Crippen LogP contribution in [0.25, 0.3) is 0 Å². The number of halogens is 1. The van der Waals surface area contributed by atoms with Crippen LogP contribution in [0.5, 0.6) is 0 Å². The Morgan fingerprint density at radius 3 is 2.70 bits per heavy atom. The summed E-state index contributed by atoms with van der Waals surface area (Å²) in [5, 5.41) is 0.764. The average Bonchev–Trinajstić information content (AvgIpc) is 2.48. The lowest BCUT2D eigenvalue weighted by molar-refractivity contribution is 0.545. The molecule has 106 valence electrons. The lowest BCUT2D eigenvalue weighted by atomic mass is 10.00.